The largest absolute Gasteiger partial charge is 0.480 e. The number of hydrogen-bond acceptors (Lipinski definition) is 3. The van der Waals surface area contributed by atoms with Crippen molar-refractivity contribution in [3.63, 3.8) is 0 Å². The van der Waals surface area contributed by atoms with Crippen LogP contribution in [0.3, 0.4) is 0 Å². The van der Waals surface area contributed by atoms with E-state index in [0.29, 0.717) is 13.0 Å². The molecule has 0 bridgehead atoms. The third-order valence-electron chi connectivity index (χ3n) is 2.94. The highest BCUT2D eigenvalue weighted by molar-refractivity contribution is 5.79. The molecule has 0 aromatic heterocycles. The Balaban J connectivity index is 2.57. The Morgan fingerprint density at radius 2 is 2.46 bits per heavy atom. The van der Waals surface area contributed by atoms with E-state index in [1.54, 1.807) is 7.11 Å². The molecule has 0 aliphatic heterocycles. The molecule has 4 heteroatoms. The first-order valence-corrected chi connectivity index (χ1v) is 4.62. The lowest BCUT2D eigenvalue weighted by atomic mass is 9.86. The van der Waals surface area contributed by atoms with Gasteiger partial charge in [-0.2, -0.15) is 0 Å². The predicted molar refractivity (Wildman–Crippen MR) is 48.4 cm³/mol. The standard InChI is InChI=1S/C9H17NO3/c1-13-6-4-7-3-2-5-9(7,10)8(11)12/h7H,2-6,10H2,1H3,(H,11,12). The fourth-order valence-corrected chi connectivity index (χ4v) is 2.05. The van der Waals surface area contributed by atoms with Gasteiger partial charge < -0.3 is 15.6 Å². The molecule has 3 N–H and O–H groups in total. The molecule has 1 aliphatic carbocycles. The van der Waals surface area contributed by atoms with Crippen molar-refractivity contribution in [3.05, 3.63) is 0 Å². The van der Waals surface area contributed by atoms with Crippen molar-refractivity contribution < 1.29 is 14.6 Å². The molecule has 0 aromatic rings. The summed E-state index contributed by atoms with van der Waals surface area (Å²) in [5.74, 6) is -0.795. The van der Waals surface area contributed by atoms with Crippen molar-refractivity contribution in [2.24, 2.45) is 11.7 Å². The van der Waals surface area contributed by atoms with Gasteiger partial charge in [0.15, 0.2) is 0 Å². The number of methoxy groups -OCH3 is 1. The number of carbonyl (C=O) groups is 1. The molecular formula is C9H17NO3. The van der Waals surface area contributed by atoms with Gasteiger partial charge in [0.05, 0.1) is 0 Å². The number of hydrogen-bond donors (Lipinski definition) is 2. The van der Waals surface area contributed by atoms with E-state index in [1.807, 2.05) is 0 Å². The van der Waals surface area contributed by atoms with Gasteiger partial charge in [-0.05, 0) is 25.2 Å². The summed E-state index contributed by atoms with van der Waals surface area (Å²) >= 11 is 0. The van der Waals surface area contributed by atoms with Crippen molar-refractivity contribution in [1.29, 1.82) is 0 Å². The van der Waals surface area contributed by atoms with Crippen LogP contribution in [0.25, 0.3) is 0 Å². The monoisotopic (exact) mass is 187 g/mol. The number of carboxylic acid groups (broad SMARTS) is 1. The summed E-state index contributed by atoms with van der Waals surface area (Å²) < 4.78 is 4.93. The minimum Gasteiger partial charge on any atom is -0.480 e. The average Bonchev–Trinajstić information content (AvgIpc) is 2.45. The highest BCUT2D eigenvalue weighted by Gasteiger charge is 2.45. The molecule has 13 heavy (non-hydrogen) atoms. The van der Waals surface area contributed by atoms with Gasteiger partial charge in [-0.25, -0.2) is 0 Å². The van der Waals surface area contributed by atoms with Crippen LogP contribution >= 0.6 is 0 Å². The molecule has 76 valence electrons. The summed E-state index contributed by atoms with van der Waals surface area (Å²) in [5, 5.41) is 8.98. The van der Waals surface area contributed by atoms with Gasteiger partial charge in [-0.15, -0.1) is 0 Å². The molecule has 0 amide bonds. The lowest BCUT2D eigenvalue weighted by Crippen LogP contribution is -2.51. The van der Waals surface area contributed by atoms with E-state index in [1.165, 1.54) is 0 Å². The molecule has 0 spiro atoms. The lowest BCUT2D eigenvalue weighted by Gasteiger charge is -2.26. The summed E-state index contributed by atoms with van der Waals surface area (Å²) in [6.07, 6.45) is 3.17. The van der Waals surface area contributed by atoms with E-state index in [4.69, 9.17) is 15.6 Å². The minimum atomic E-state index is -1.00. The second-order valence-corrected chi connectivity index (χ2v) is 3.72. The second kappa shape index (κ2) is 4.07. The lowest BCUT2D eigenvalue weighted by molar-refractivity contribution is -0.145. The summed E-state index contributed by atoms with van der Waals surface area (Å²) in [6.45, 7) is 0.594. The van der Waals surface area contributed by atoms with Crippen LogP contribution in [-0.2, 0) is 9.53 Å². The molecule has 1 fully saturated rings. The maximum absolute atomic E-state index is 10.9. The molecule has 0 saturated heterocycles. The van der Waals surface area contributed by atoms with E-state index in [9.17, 15) is 4.79 Å². The normalized spacial score (nSPS) is 33.5. The summed E-state index contributed by atoms with van der Waals surface area (Å²) in [5.41, 5.74) is 4.83. The number of carboxylic acids is 1. The average molecular weight is 187 g/mol. The Bertz CT molecular complexity index is 195. The second-order valence-electron chi connectivity index (χ2n) is 3.72. The van der Waals surface area contributed by atoms with E-state index < -0.39 is 11.5 Å². The van der Waals surface area contributed by atoms with Crippen molar-refractivity contribution >= 4 is 5.97 Å². The maximum atomic E-state index is 10.9. The molecule has 0 radical (unpaired) electrons. The van der Waals surface area contributed by atoms with Gasteiger partial charge >= 0.3 is 5.97 Å². The summed E-state index contributed by atoms with van der Waals surface area (Å²) in [7, 11) is 1.62. The van der Waals surface area contributed by atoms with Crippen molar-refractivity contribution in [3.8, 4) is 0 Å². The summed E-state index contributed by atoms with van der Waals surface area (Å²) in [6, 6.07) is 0. The third-order valence-corrected chi connectivity index (χ3v) is 2.94. The van der Waals surface area contributed by atoms with Crippen LogP contribution in [0.4, 0.5) is 0 Å². The first-order valence-electron chi connectivity index (χ1n) is 4.62. The van der Waals surface area contributed by atoms with E-state index in [2.05, 4.69) is 0 Å². The fourth-order valence-electron chi connectivity index (χ4n) is 2.05. The molecule has 4 nitrogen and oxygen atoms in total. The zero-order valence-electron chi connectivity index (χ0n) is 7.95. The maximum Gasteiger partial charge on any atom is 0.323 e. The van der Waals surface area contributed by atoms with Crippen LogP contribution < -0.4 is 5.73 Å². The van der Waals surface area contributed by atoms with Gasteiger partial charge in [0.25, 0.3) is 0 Å². The predicted octanol–water partition coefficient (Wildman–Crippen LogP) is 0.605. The van der Waals surface area contributed by atoms with E-state index in [0.717, 1.165) is 19.3 Å². The van der Waals surface area contributed by atoms with Crippen LogP contribution in [-0.4, -0.2) is 30.3 Å². The highest BCUT2D eigenvalue weighted by Crippen LogP contribution is 2.36. The molecule has 1 aliphatic rings. The van der Waals surface area contributed by atoms with Gasteiger partial charge in [0.1, 0.15) is 5.54 Å². The zero-order valence-corrected chi connectivity index (χ0v) is 7.95. The molecule has 1 rings (SSSR count). The van der Waals surface area contributed by atoms with Gasteiger partial charge in [-0.1, -0.05) is 6.42 Å². The number of rotatable bonds is 4. The van der Waals surface area contributed by atoms with Crippen LogP contribution in [0, 0.1) is 5.92 Å². The zero-order chi connectivity index (χ0) is 9.90. The topological polar surface area (TPSA) is 72.5 Å². The summed E-state index contributed by atoms with van der Waals surface area (Å²) in [4.78, 5) is 10.9. The first kappa shape index (κ1) is 10.5. The van der Waals surface area contributed by atoms with Crippen LogP contribution in [0.2, 0.25) is 0 Å². The minimum absolute atomic E-state index is 0.0740. The van der Waals surface area contributed by atoms with Crippen LogP contribution in [0.5, 0.6) is 0 Å². The number of aliphatic carboxylic acids is 1. The highest BCUT2D eigenvalue weighted by atomic mass is 16.5. The van der Waals surface area contributed by atoms with E-state index in [-0.39, 0.29) is 5.92 Å². The molecular weight excluding hydrogens is 170 g/mol. The van der Waals surface area contributed by atoms with Crippen molar-refractivity contribution in [2.75, 3.05) is 13.7 Å². The number of nitrogens with two attached hydrogens (primary N) is 1. The Morgan fingerprint density at radius 3 is 3.00 bits per heavy atom. The molecule has 0 aromatic carbocycles. The van der Waals surface area contributed by atoms with Crippen LogP contribution in [0.1, 0.15) is 25.7 Å². The molecule has 2 atom stereocenters. The molecule has 1 saturated carbocycles. The Labute approximate surface area is 78.1 Å². The Kier molecular flexibility index (Phi) is 3.27. The van der Waals surface area contributed by atoms with E-state index >= 15 is 0 Å². The SMILES string of the molecule is COCCC1CCCC1(N)C(=O)O. The molecule has 0 heterocycles. The Morgan fingerprint density at radius 1 is 1.77 bits per heavy atom. The number of ether oxygens (including phenoxy) is 1. The Hall–Kier alpha value is -0.610. The van der Waals surface area contributed by atoms with Gasteiger partial charge in [0, 0.05) is 13.7 Å². The van der Waals surface area contributed by atoms with Crippen LogP contribution in [0.15, 0.2) is 0 Å². The fraction of sp³-hybridized carbons (Fsp3) is 0.889. The van der Waals surface area contributed by atoms with Crippen molar-refractivity contribution in [1.82, 2.24) is 0 Å². The molecule has 2 unspecified atom stereocenters. The quantitative estimate of drug-likeness (QED) is 0.676. The van der Waals surface area contributed by atoms with Gasteiger partial charge in [-0.3, -0.25) is 4.79 Å². The third kappa shape index (κ3) is 2.00. The first-order chi connectivity index (χ1) is 6.11. The van der Waals surface area contributed by atoms with Gasteiger partial charge in [0.2, 0.25) is 0 Å². The van der Waals surface area contributed by atoms with Crippen molar-refractivity contribution in [2.45, 2.75) is 31.2 Å². The smallest absolute Gasteiger partial charge is 0.323 e.